The lowest BCUT2D eigenvalue weighted by Crippen LogP contribution is -2.30. The fourth-order valence-corrected chi connectivity index (χ4v) is 3.54. The summed E-state index contributed by atoms with van der Waals surface area (Å²) < 4.78 is 2.32. The quantitative estimate of drug-likeness (QED) is 0.863. The molecule has 1 aliphatic carbocycles. The number of hydrogen-bond acceptors (Lipinski definition) is 4. The summed E-state index contributed by atoms with van der Waals surface area (Å²) in [6.07, 6.45) is 2.76. The number of halogens is 1. The van der Waals surface area contributed by atoms with E-state index in [1.807, 2.05) is 0 Å². The van der Waals surface area contributed by atoms with Crippen LogP contribution in [0.15, 0.2) is 22.7 Å². The zero-order valence-corrected chi connectivity index (χ0v) is 13.4. The van der Waals surface area contributed by atoms with Crippen LogP contribution >= 0.6 is 27.3 Å². The zero-order valence-electron chi connectivity index (χ0n) is 11.0. The third kappa shape index (κ3) is 3.27. The zero-order chi connectivity index (χ0) is 13.2. The topological polar surface area (TPSA) is 28.2 Å². The van der Waals surface area contributed by atoms with Gasteiger partial charge in [-0.2, -0.15) is 0 Å². The molecule has 1 aliphatic rings. The molecule has 5 heteroatoms. The van der Waals surface area contributed by atoms with E-state index < -0.39 is 0 Å². The Labute approximate surface area is 126 Å². The Hall–Kier alpha value is -0.650. The lowest BCUT2D eigenvalue weighted by atomic mass is 10.3. The monoisotopic (exact) mass is 339 g/mol. The highest BCUT2D eigenvalue weighted by atomic mass is 79.9. The van der Waals surface area contributed by atoms with Gasteiger partial charge in [0.05, 0.1) is 10.2 Å². The van der Waals surface area contributed by atoms with E-state index in [1.54, 1.807) is 11.3 Å². The Morgan fingerprint density at radius 3 is 3.05 bits per heavy atom. The highest BCUT2D eigenvalue weighted by molar-refractivity contribution is 9.10. The van der Waals surface area contributed by atoms with E-state index in [0.717, 1.165) is 40.8 Å². The third-order valence-corrected chi connectivity index (χ3v) is 4.98. The van der Waals surface area contributed by atoms with Crippen molar-refractivity contribution in [2.75, 3.05) is 25.0 Å². The Bertz CT molecular complexity index is 565. The third-order valence-electron chi connectivity index (χ3n) is 3.49. The highest BCUT2D eigenvalue weighted by Gasteiger charge is 2.27. The second-order valence-electron chi connectivity index (χ2n) is 4.92. The molecule has 0 spiro atoms. The van der Waals surface area contributed by atoms with Crippen molar-refractivity contribution in [3.05, 3.63) is 22.7 Å². The first-order valence-corrected chi connectivity index (χ1v) is 8.41. The molecule has 3 nitrogen and oxygen atoms in total. The first-order valence-electron chi connectivity index (χ1n) is 6.80. The Balaban J connectivity index is 1.58. The molecule has 1 saturated carbocycles. The van der Waals surface area contributed by atoms with E-state index in [4.69, 9.17) is 0 Å². The van der Waals surface area contributed by atoms with Gasteiger partial charge in [-0.05, 0) is 37.6 Å². The molecule has 0 unspecified atom stereocenters. The highest BCUT2D eigenvalue weighted by Crippen LogP contribution is 2.28. The Morgan fingerprint density at radius 1 is 1.47 bits per heavy atom. The predicted octanol–water partition coefficient (Wildman–Crippen LogP) is 3.96. The summed E-state index contributed by atoms with van der Waals surface area (Å²) in [4.78, 5) is 7.17. The van der Waals surface area contributed by atoms with E-state index in [9.17, 15) is 0 Å². The summed E-state index contributed by atoms with van der Waals surface area (Å²) in [5, 5.41) is 4.48. The minimum absolute atomic E-state index is 0.845. The first-order chi connectivity index (χ1) is 9.26. The molecule has 1 fully saturated rings. The van der Waals surface area contributed by atoms with Crippen LogP contribution in [0.2, 0.25) is 0 Å². The lowest BCUT2D eigenvalue weighted by molar-refractivity contribution is 0.289. The van der Waals surface area contributed by atoms with Crippen LogP contribution < -0.4 is 5.32 Å². The molecule has 0 saturated heterocycles. The van der Waals surface area contributed by atoms with E-state index >= 15 is 0 Å². The fraction of sp³-hybridized carbons (Fsp3) is 0.500. The van der Waals surface area contributed by atoms with Crippen LogP contribution in [0.1, 0.15) is 19.8 Å². The van der Waals surface area contributed by atoms with Gasteiger partial charge in [-0.3, -0.25) is 4.90 Å². The molecule has 0 atom stereocenters. The van der Waals surface area contributed by atoms with Crippen LogP contribution in [0.3, 0.4) is 0 Å². The minimum atomic E-state index is 0.845. The van der Waals surface area contributed by atoms with Gasteiger partial charge < -0.3 is 5.32 Å². The van der Waals surface area contributed by atoms with Crippen molar-refractivity contribution >= 4 is 42.6 Å². The smallest absolute Gasteiger partial charge is 0.183 e. The van der Waals surface area contributed by atoms with E-state index in [2.05, 4.69) is 56.3 Å². The van der Waals surface area contributed by atoms with Gasteiger partial charge >= 0.3 is 0 Å². The number of nitrogens with zero attached hydrogens (tertiary/aromatic N) is 2. The van der Waals surface area contributed by atoms with Gasteiger partial charge in [-0.25, -0.2) is 4.98 Å². The molecule has 0 aliphatic heterocycles. The molecular weight excluding hydrogens is 322 g/mol. The standard InChI is InChI=1S/C14H18BrN3S/c1-2-18(11-4-5-11)8-7-16-14-17-12-9-10(15)3-6-13(12)19-14/h3,6,9,11H,2,4-5,7-8H2,1H3,(H,16,17). The van der Waals surface area contributed by atoms with E-state index in [-0.39, 0.29) is 0 Å². The van der Waals surface area contributed by atoms with Gasteiger partial charge in [0, 0.05) is 23.6 Å². The summed E-state index contributed by atoms with van der Waals surface area (Å²) >= 11 is 5.21. The number of nitrogens with one attached hydrogen (secondary N) is 1. The molecule has 102 valence electrons. The van der Waals surface area contributed by atoms with Crippen LogP contribution in [0.4, 0.5) is 5.13 Å². The van der Waals surface area contributed by atoms with Crippen molar-refractivity contribution in [1.82, 2.24) is 9.88 Å². The average Bonchev–Trinajstić information content (AvgIpc) is 3.15. The second kappa shape index (κ2) is 5.77. The van der Waals surface area contributed by atoms with Crippen LogP contribution in [0, 0.1) is 0 Å². The summed E-state index contributed by atoms with van der Waals surface area (Å²) in [6.45, 7) is 5.48. The maximum Gasteiger partial charge on any atom is 0.183 e. The fourth-order valence-electron chi connectivity index (χ4n) is 2.32. The van der Waals surface area contributed by atoms with Crippen LogP contribution in [0.25, 0.3) is 10.2 Å². The van der Waals surface area contributed by atoms with Crippen molar-refractivity contribution in [1.29, 1.82) is 0 Å². The van der Waals surface area contributed by atoms with E-state index in [1.165, 1.54) is 17.5 Å². The number of fused-ring (bicyclic) bond motifs is 1. The van der Waals surface area contributed by atoms with Gasteiger partial charge in [-0.15, -0.1) is 0 Å². The van der Waals surface area contributed by atoms with Crippen molar-refractivity contribution in [2.45, 2.75) is 25.8 Å². The number of anilines is 1. The van der Waals surface area contributed by atoms with Gasteiger partial charge in [0.1, 0.15) is 0 Å². The summed E-state index contributed by atoms with van der Waals surface area (Å²) in [7, 11) is 0. The van der Waals surface area contributed by atoms with Gasteiger partial charge in [-0.1, -0.05) is 34.2 Å². The normalized spacial score (nSPS) is 15.3. The molecule has 2 aromatic rings. The van der Waals surface area contributed by atoms with Crippen molar-refractivity contribution in [2.24, 2.45) is 0 Å². The SMILES string of the molecule is CCN(CCNc1nc2cc(Br)ccc2s1)C1CC1. The molecule has 19 heavy (non-hydrogen) atoms. The number of thiazole rings is 1. The largest absolute Gasteiger partial charge is 0.360 e. The van der Waals surface area contributed by atoms with Crippen LogP contribution in [-0.4, -0.2) is 35.6 Å². The number of benzene rings is 1. The maximum absolute atomic E-state index is 4.62. The maximum atomic E-state index is 4.62. The van der Waals surface area contributed by atoms with E-state index in [0.29, 0.717) is 0 Å². The minimum Gasteiger partial charge on any atom is -0.360 e. The lowest BCUT2D eigenvalue weighted by Gasteiger charge is -2.19. The van der Waals surface area contributed by atoms with Crippen molar-refractivity contribution in [3.8, 4) is 0 Å². The molecule has 0 bridgehead atoms. The summed E-state index contributed by atoms with van der Waals surface area (Å²) in [6, 6.07) is 7.10. The van der Waals surface area contributed by atoms with Gasteiger partial charge in [0.25, 0.3) is 0 Å². The number of aromatic nitrogens is 1. The predicted molar refractivity (Wildman–Crippen MR) is 86.1 cm³/mol. The number of hydrogen-bond donors (Lipinski definition) is 1. The summed E-state index contributed by atoms with van der Waals surface area (Å²) in [5.74, 6) is 0. The molecule has 0 amide bonds. The van der Waals surface area contributed by atoms with Crippen LogP contribution in [0.5, 0.6) is 0 Å². The van der Waals surface area contributed by atoms with Crippen LogP contribution in [-0.2, 0) is 0 Å². The van der Waals surface area contributed by atoms with Gasteiger partial charge in [0.15, 0.2) is 5.13 Å². The molecular formula is C14H18BrN3S. The second-order valence-corrected chi connectivity index (χ2v) is 6.86. The molecule has 3 rings (SSSR count). The molecule has 1 aromatic heterocycles. The molecule has 0 radical (unpaired) electrons. The molecule has 1 N–H and O–H groups in total. The molecule has 1 aromatic carbocycles. The van der Waals surface area contributed by atoms with Gasteiger partial charge in [0.2, 0.25) is 0 Å². The Kier molecular flexibility index (Phi) is 4.05. The Morgan fingerprint density at radius 2 is 2.32 bits per heavy atom. The first kappa shape index (κ1) is 13.3. The molecule has 1 heterocycles. The van der Waals surface area contributed by atoms with Crippen molar-refractivity contribution < 1.29 is 0 Å². The average molecular weight is 340 g/mol. The number of rotatable bonds is 6. The van der Waals surface area contributed by atoms with Crippen molar-refractivity contribution in [3.63, 3.8) is 0 Å². The number of likely N-dealkylation sites (N-methyl/N-ethyl adjacent to an activating group) is 1. The summed E-state index contributed by atoms with van der Waals surface area (Å²) in [5.41, 5.74) is 1.07.